The number of carbonyl (C=O) groups is 1. The third kappa shape index (κ3) is 4.11. The van der Waals surface area contributed by atoms with Gasteiger partial charge >= 0.3 is 6.18 Å². The molecule has 0 saturated carbocycles. The summed E-state index contributed by atoms with van der Waals surface area (Å²) in [6.07, 6.45) is -3.80. The maximum absolute atomic E-state index is 12.8. The Morgan fingerprint density at radius 2 is 1.63 bits per heavy atom. The third-order valence-corrected chi connectivity index (χ3v) is 6.04. The molecule has 2 aliphatic heterocycles. The average molecular weight is 417 g/mol. The van der Waals surface area contributed by atoms with Gasteiger partial charge < -0.3 is 15.1 Å². The van der Waals surface area contributed by atoms with E-state index in [0.29, 0.717) is 19.6 Å². The number of amides is 1. The molecule has 2 aromatic carbocycles. The van der Waals surface area contributed by atoms with Gasteiger partial charge in [0, 0.05) is 48.3 Å². The Morgan fingerprint density at radius 3 is 2.23 bits per heavy atom. The number of fused-ring (bicyclic) bond motifs is 1. The van der Waals surface area contributed by atoms with Gasteiger partial charge in [-0.2, -0.15) is 13.2 Å². The molecule has 1 N–H and O–H groups in total. The Balaban J connectivity index is 1.39. The molecular formula is C23H26F3N3O. The molecule has 1 amide bonds. The molecule has 0 radical (unpaired) electrons. The first-order valence-corrected chi connectivity index (χ1v) is 10.3. The number of carbonyl (C=O) groups excluding carboxylic acids is 1. The molecule has 4 nitrogen and oxygen atoms in total. The first-order chi connectivity index (χ1) is 14.2. The number of alkyl halides is 3. The third-order valence-electron chi connectivity index (χ3n) is 6.04. The summed E-state index contributed by atoms with van der Waals surface area (Å²) in [6.45, 7) is 5.48. The zero-order valence-electron chi connectivity index (χ0n) is 17.2. The lowest BCUT2D eigenvalue weighted by atomic mass is 9.96. The second-order valence-electron chi connectivity index (χ2n) is 8.37. The SMILES string of the molecule is CC(C)N1Cc2cc(Nc3ccc(N4CCC(C(F)(F)F)CC4)cc3)ccc2C1=O. The van der Waals surface area contributed by atoms with Crippen molar-refractivity contribution in [3.8, 4) is 0 Å². The lowest BCUT2D eigenvalue weighted by Gasteiger charge is -2.34. The number of rotatable bonds is 4. The second kappa shape index (κ2) is 7.85. The molecule has 1 saturated heterocycles. The van der Waals surface area contributed by atoms with Gasteiger partial charge in [-0.05, 0) is 74.7 Å². The van der Waals surface area contributed by atoms with Crippen molar-refractivity contribution in [1.29, 1.82) is 0 Å². The summed E-state index contributed by atoms with van der Waals surface area (Å²) in [6, 6.07) is 13.7. The zero-order valence-corrected chi connectivity index (χ0v) is 17.2. The summed E-state index contributed by atoms with van der Waals surface area (Å²) in [5.41, 5.74) is 4.52. The normalized spacial score (nSPS) is 17.6. The highest BCUT2D eigenvalue weighted by Gasteiger charge is 2.41. The van der Waals surface area contributed by atoms with Crippen molar-refractivity contribution < 1.29 is 18.0 Å². The van der Waals surface area contributed by atoms with Crippen LogP contribution in [0.4, 0.5) is 30.2 Å². The summed E-state index contributed by atoms with van der Waals surface area (Å²) < 4.78 is 38.5. The van der Waals surface area contributed by atoms with Gasteiger partial charge in [-0.3, -0.25) is 4.79 Å². The maximum atomic E-state index is 12.8. The minimum atomic E-state index is -4.09. The van der Waals surface area contributed by atoms with Gasteiger partial charge in [-0.15, -0.1) is 0 Å². The monoisotopic (exact) mass is 417 g/mol. The Bertz CT molecular complexity index is 916. The highest BCUT2D eigenvalue weighted by Crippen LogP contribution is 2.36. The predicted octanol–water partition coefficient (Wildman–Crippen LogP) is 5.57. The van der Waals surface area contributed by atoms with Gasteiger partial charge in [-0.1, -0.05) is 0 Å². The van der Waals surface area contributed by atoms with E-state index in [1.54, 1.807) is 0 Å². The standard InChI is InChI=1S/C23H26F3N3O/c1-15(2)29-14-16-13-19(5-8-21(16)22(29)30)27-18-3-6-20(7-4-18)28-11-9-17(10-12-28)23(24,25)26/h3-8,13,15,17,27H,9-12,14H2,1-2H3. The van der Waals surface area contributed by atoms with E-state index in [0.717, 1.165) is 28.2 Å². The highest BCUT2D eigenvalue weighted by atomic mass is 19.4. The first-order valence-electron chi connectivity index (χ1n) is 10.3. The van der Waals surface area contributed by atoms with E-state index in [1.165, 1.54) is 0 Å². The van der Waals surface area contributed by atoms with Crippen molar-refractivity contribution in [2.75, 3.05) is 23.3 Å². The number of nitrogens with one attached hydrogen (secondary N) is 1. The lowest BCUT2D eigenvalue weighted by Crippen LogP contribution is -2.38. The van der Waals surface area contributed by atoms with Crippen LogP contribution in [0.3, 0.4) is 0 Å². The fourth-order valence-corrected chi connectivity index (χ4v) is 4.23. The zero-order chi connectivity index (χ0) is 21.5. The largest absolute Gasteiger partial charge is 0.391 e. The van der Waals surface area contributed by atoms with Crippen molar-refractivity contribution >= 4 is 23.0 Å². The summed E-state index contributed by atoms with van der Waals surface area (Å²) in [7, 11) is 0. The van der Waals surface area contributed by atoms with Gasteiger partial charge in [-0.25, -0.2) is 0 Å². The molecule has 0 aromatic heterocycles. The van der Waals surface area contributed by atoms with Crippen LogP contribution in [0.5, 0.6) is 0 Å². The van der Waals surface area contributed by atoms with Crippen LogP contribution in [-0.4, -0.2) is 36.1 Å². The number of hydrogen-bond acceptors (Lipinski definition) is 3. The summed E-state index contributed by atoms with van der Waals surface area (Å²) in [5.74, 6) is -1.11. The van der Waals surface area contributed by atoms with Crippen LogP contribution in [-0.2, 0) is 6.54 Å². The van der Waals surface area contributed by atoms with E-state index in [-0.39, 0.29) is 24.8 Å². The molecule has 1 fully saturated rings. The van der Waals surface area contributed by atoms with Gasteiger partial charge in [0.1, 0.15) is 0 Å². The molecule has 7 heteroatoms. The Labute approximate surface area is 174 Å². The number of benzene rings is 2. The van der Waals surface area contributed by atoms with E-state index in [4.69, 9.17) is 0 Å². The van der Waals surface area contributed by atoms with Gasteiger partial charge in [0.2, 0.25) is 0 Å². The number of halogens is 3. The van der Waals surface area contributed by atoms with Gasteiger partial charge in [0.25, 0.3) is 5.91 Å². The highest BCUT2D eigenvalue weighted by molar-refractivity contribution is 5.99. The second-order valence-corrected chi connectivity index (χ2v) is 8.37. The Kier molecular flexibility index (Phi) is 5.38. The molecule has 0 atom stereocenters. The quantitative estimate of drug-likeness (QED) is 0.706. The van der Waals surface area contributed by atoms with Crippen LogP contribution in [0.15, 0.2) is 42.5 Å². The predicted molar refractivity (Wildman–Crippen MR) is 112 cm³/mol. The molecule has 4 rings (SSSR count). The first kappa shape index (κ1) is 20.6. The van der Waals surface area contributed by atoms with Crippen LogP contribution >= 0.6 is 0 Å². The van der Waals surface area contributed by atoms with Crippen LogP contribution < -0.4 is 10.2 Å². The van der Waals surface area contributed by atoms with Crippen LogP contribution in [0.2, 0.25) is 0 Å². The van der Waals surface area contributed by atoms with E-state index in [1.807, 2.05) is 66.1 Å². The summed E-state index contributed by atoms with van der Waals surface area (Å²) in [5, 5.41) is 3.35. The Morgan fingerprint density at radius 1 is 1.00 bits per heavy atom. The topological polar surface area (TPSA) is 35.6 Å². The van der Waals surface area contributed by atoms with Crippen molar-refractivity contribution in [2.45, 2.75) is 45.5 Å². The fraction of sp³-hybridized carbons (Fsp3) is 0.435. The van der Waals surface area contributed by atoms with E-state index in [9.17, 15) is 18.0 Å². The average Bonchev–Trinajstić information content (AvgIpc) is 3.04. The number of nitrogens with zero attached hydrogens (tertiary/aromatic N) is 2. The maximum Gasteiger partial charge on any atom is 0.391 e. The smallest absolute Gasteiger partial charge is 0.372 e. The van der Waals surface area contributed by atoms with Crippen LogP contribution in [0.1, 0.15) is 42.6 Å². The molecule has 2 heterocycles. The molecule has 2 aliphatic rings. The molecule has 0 bridgehead atoms. The lowest BCUT2D eigenvalue weighted by molar-refractivity contribution is -0.179. The van der Waals surface area contributed by atoms with E-state index < -0.39 is 12.1 Å². The Hall–Kier alpha value is -2.70. The summed E-state index contributed by atoms with van der Waals surface area (Å²) in [4.78, 5) is 16.3. The molecule has 2 aromatic rings. The molecule has 0 aliphatic carbocycles. The van der Waals surface area contributed by atoms with E-state index >= 15 is 0 Å². The minimum Gasteiger partial charge on any atom is -0.372 e. The number of hydrogen-bond donors (Lipinski definition) is 1. The minimum absolute atomic E-state index is 0.0743. The van der Waals surface area contributed by atoms with Gasteiger partial charge in [0.15, 0.2) is 0 Å². The van der Waals surface area contributed by atoms with Crippen LogP contribution in [0, 0.1) is 5.92 Å². The number of piperidine rings is 1. The molecular weight excluding hydrogens is 391 g/mol. The van der Waals surface area contributed by atoms with Crippen molar-refractivity contribution in [3.63, 3.8) is 0 Å². The molecule has 0 unspecified atom stereocenters. The number of anilines is 3. The van der Waals surface area contributed by atoms with Crippen molar-refractivity contribution in [3.05, 3.63) is 53.6 Å². The van der Waals surface area contributed by atoms with Crippen molar-refractivity contribution in [2.24, 2.45) is 5.92 Å². The van der Waals surface area contributed by atoms with Crippen LogP contribution in [0.25, 0.3) is 0 Å². The van der Waals surface area contributed by atoms with Gasteiger partial charge in [0.05, 0.1) is 5.92 Å². The fourth-order valence-electron chi connectivity index (χ4n) is 4.23. The molecule has 0 spiro atoms. The van der Waals surface area contributed by atoms with E-state index in [2.05, 4.69) is 5.32 Å². The molecule has 30 heavy (non-hydrogen) atoms. The summed E-state index contributed by atoms with van der Waals surface area (Å²) >= 11 is 0. The van der Waals surface area contributed by atoms with Crippen molar-refractivity contribution in [1.82, 2.24) is 4.90 Å². The molecule has 160 valence electrons.